The van der Waals surface area contributed by atoms with Crippen LogP contribution >= 0.6 is 11.3 Å². The number of thiophene rings is 1. The van der Waals surface area contributed by atoms with Crippen molar-refractivity contribution in [1.82, 2.24) is 9.97 Å². The van der Waals surface area contributed by atoms with Crippen molar-refractivity contribution in [3.8, 4) is 11.1 Å². The van der Waals surface area contributed by atoms with Gasteiger partial charge in [-0.05, 0) is 49.3 Å². The second-order valence-electron chi connectivity index (χ2n) is 6.34. The highest BCUT2D eigenvalue weighted by Crippen LogP contribution is 2.41. The molecule has 0 aliphatic heterocycles. The summed E-state index contributed by atoms with van der Waals surface area (Å²) in [7, 11) is 0. The fourth-order valence-electron chi connectivity index (χ4n) is 3.61. The molecule has 124 valence electrons. The van der Waals surface area contributed by atoms with Gasteiger partial charge in [-0.15, -0.1) is 11.3 Å². The molecular weight excluding hydrogens is 316 g/mol. The predicted molar refractivity (Wildman–Crippen MR) is 102 cm³/mol. The van der Waals surface area contributed by atoms with Crippen molar-refractivity contribution in [3.63, 3.8) is 0 Å². The maximum absolute atomic E-state index is 5.65. The lowest BCUT2D eigenvalue weighted by atomic mass is 9.89. The second-order valence-corrected chi connectivity index (χ2v) is 7.54. The average Bonchev–Trinajstić information content (AvgIpc) is 2.96. The Hall–Kier alpha value is -1.98. The molecule has 4 rings (SSSR count). The largest absolute Gasteiger partial charge is 0.368 e. The van der Waals surface area contributed by atoms with Crippen molar-refractivity contribution in [1.29, 1.82) is 0 Å². The molecule has 3 aromatic rings. The Labute approximate surface area is 146 Å². The minimum Gasteiger partial charge on any atom is -0.368 e. The molecule has 0 unspecified atom stereocenters. The van der Waals surface area contributed by atoms with Gasteiger partial charge < -0.3 is 11.1 Å². The first-order valence-electron chi connectivity index (χ1n) is 8.58. The molecular formula is C19H22N4S. The van der Waals surface area contributed by atoms with Gasteiger partial charge in [0.2, 0.25) is 0 Å². The summed E-state index contributed by atoms with van der Waals surface area (Å²) in [6.45, 7) is 3.47. The molecule has 1 aliphatic carbocycles. The molecule has 2 aromatic heterocycles. The van der Waals surface area contributed by atoms with E-state index < -0.39 is 0 Å². The molecule has 4 nitrogen and oxygen atoms in total. The monoisotopic (exact) mass is 338 g/mol. The van der Waals surface area contributed by atoms with Gasteiger partial charge >= 0.3 is 0 Å². The van der Waals surface area contributed by atoms with Crippen LogP contribution < -0.4 is 11.1 Å². The van der Waals surface area contributed by atoms with E-state index in [2.05, 4.69) is 40.4 Å². The SMILES string of the molecule is Cc1sc2ncnc(NCCN)c2c1-c1ccc2c(c1)CCCC2. The Bertz CT molecular complexity index is 884. The number of hydrogen-bond donors (Lipinski definition) is 2. The molecule has 0 bridgehead atoms. The van der Waals surface area contributed by atoms with Crippen molar-refractivity contribution in [2.75, 3.05) is 18.4 Å². The topological polar surface area (TPSA) is 63.8 Å². The first-order chi connectivity index (χ1) is 11.8. The maximum atomic E-state index is 5.65. The van der Waals surface area contributed by atoms with Crippen LogP contribution in [0.2, 0.25) is 0 Å². The number of hydrogen-bond acceptors (Lipinski definition) is 5. The number of nitrogens with two attached hydrogens (primary N) is 1. The van der Waals surface area contributed by atoms with Crippen molar-refractivity contribution in [3.05, 3.63) is 40.5 Å². The predicted octanol–water partition coefficient (Wildman–Crippen LogP) is 3.92. The lowest BCUT2D eigenvalue weighted by molar-refractivity contribution is 0.686. The number of aryl methyl sites for hydroxylation is 3. The van der Waals surface area contributed by atoms with Gasteiger partial charge in [0.25, 0.3) is 0 Å². The first-order valence-corrected chi connectivity index (χ1v) is 9.40. The minimum atomic E-state index is 0.586. The Morgan fingerprint density at radius 3 is 2.83 bits per heavy atom. The van der Waals surface area contributed by atoms with E-state index in [4.69, 9.17) is 5.73 Å². The molecule has 24 heavy (non-hydrogen) atoms. The molecule has 2 heterocycles. The number of nitrogens with zero attached hydrogens (tertiary/aromatic N) is 2. The van der Waals surface area contributed by atoms with E-state index in [1.54, 1.807) is 17.7 Å². The summed E-state index contributed by atoms with van der Waals surface area (Å²) in [6, 6.07) is 6.95. The molecule has 1 aromatic carbocycles. The smallest absolute Gasteiger partial charge is 0.138 e. The van der Waals surface area contributed by atoms with Gasteiger partial charge in [0.1, 0.15) is 17.0 Å². The maximum Gasteiger partial charge on any atom is 0.138 e. The highest BCUT2D eigenvalue weighted by Gasteiger charge is 2.18. The van der Waals surface area contributed by atoms with Crippen LogP contribution in [0.4, 0.5) is 5.82 Å². The van der Waals surface area contributed by atoms with Crippen LogP contribution in [0.1, 0.15) is 28.8 Å². The zero-order chi connectivity index (χ0) is 16.5. The van der Waals surface area contributed by atoms with Crippen molar-refractivity contribution < 1.29 is 0 Å². The van der Waals surface area contributed by atoms with Crippen LogP contribution in [0.5, 0.6) is 0 Å². The normalized spacial score (nSPS) is 13.9. The average molecular weight is 338 g/mol. The van der Waals surface area contributed by atoms with Crippen LogP contribution in [0.15, 0.2) is 24.5 Å². The molecule has 0 saturated carbocycles. The fourth-order valence-corrected chi connectivity index (χ4v) is 4.62. The van der Waals surface area contributed by atoms with Crippen molar-refractivity contribution in [2.45, 2.75) is 32.6 Å². The summed E-state index contributed by atoms with van der Waals surface area (Å²) in [4.78, 5) is 11.3. The molecule has 0 amide bonds. The standard InChI is InChI=1S/C19H22N4S/c1-12-16(15-7-6-13-4-2-3-5-14(13)10-15)17-18(21-9-8-20)22-11-23-19(17)24-12/h6-7,10-11H,2-5,8-9,20H2,1H3,(H,21,22,23). The molecule has 0 spiro atoms. The van der Waals surface area contributed by atoms with E-state index >= 15 is 0 Å². The van der Waals surface area contributed by atoms with E-state index in [0.29, 0.717) is 13.1 Å². The number of aromatic nitrogens is 2. The summed E-state index contributed by atoms with van der Waals surface area (Å²) < 4.78 is 0. The Balaban J connectivity index is 1.88. The second kappa shape index (κ2) is 6.49. The molecule has 1 aliphatic rings. The quantitative estimate of drug-likeness (QED) is 0.757. The molecule has 0 fully saturated rings. The van der Waals surface area contributed by atoms with E-state index in [-0.39, 0.29) is 0 Å². The van der Waals surface area contributed by atoms with Crippen molar-refractivity contribution in [2.24, 2.45) is 5.73 Å². The van der Waals surface area contributed by atoms with E-state index in [1.807, 2.05) is 0 Å². The number of rotatable bonds is 4. The number of benzene rings is 1. The third-order valence-electron chi connectivity index (χ3n) is 4.74. The first kappa shape index (κ1) is 15.5. The van der Waals surface area contributed by atoms with Gasteiger partial charge in [-0.1, -0.05) is 18.2 Å². The lowest BCUT2D eigenvalue weighted by Gasteiger charge is -2.17. The van der Waals surface area contributed by atoms with E-state index in [9.17, 15) is 0 Å². The van der Waals surface area contributed by atoms with E-state index in [1.165, 1.54) is 52.8 Å². The Kier molecular flexibility index (Phi) is 4.21. The Morgan fingerprint density at radius 2 is 2.00 bits per heavy atom. The van der Waals surface area contributed by atoms with E-state index in [0.717, 1.165) is 16.0 Å². The summed E-state index contributed by atoms with van der Waals surface area (Å²) in [5.74, 6) is 0.891. The summed E-state index contributed by atoms with van der Waals surface area (Å²) in [5.41, 5.74) is 11.2. The number of anilines is 1. The highest BCUT2D eigenvalue weighted by molar-refractivity contribution is 7.19. The fraction of sp³-hybridized carbons (Fsp3) is 0.368. The van der Waals surface area contributed by atoms with Gasteiger partial charge in [-0.2, -0.15) is 0 Å². The van der Waals surface area contributed by atoms with Gasteiger partial charge in [0, 0.05) is 23.5 Å². The zero-order valence-corrected chi connectivity index (χ0v) is 14.7. The third kappa shape index (κ3) is 2.68. The lowest BCUT2D eigenvalue weighted by Crippen LogP contribution is -2.14. The minimum absolute atomic E-state index is 0.586. The van der Waals surface area contributed by atoms with Crippen molar-refractivity contribution >= 4 is 27.4 Å². The highest BCUT2D eigenvalue weighted by atomic mass is 32.1. The van der Waals surface area contributed by atoms with Crippen LogP contribution in [0, 0.1) is 6.92 Å². The molecule has 5 heteroatoms. The van der Waals surface area contributed by atoms with Gasteiger partial charge in [0.15, 0.2) is 0 Å². The van der Waals surface area contributed by atoms with Gasteiger partial charge in [-0.3, -0.25) is 0 Å². The number of nitrogens with one attached hydrogen (secondary N) is 1. The summed E-state index contributed by atoms with van der Waals surface area (Å²) in [6.07, 6.45) is 6.65. The number of fused-ring (bicyclic) bond motifs is 2. The van der Waals surface area contributed by atoms with Gasteiger partial charge in [-0.25, -0.2) is 9.97 Å². The van der Waals surface area contributed by atoms with Crippen LogP contribution in [-0.4, -0.2) is 23.1 Å². The van der Waals surface area contributed by atoms with Gasteiger partial charge in [0.05, 0.1) is 5.39 Å². The summed E-state index contributed by atoms with van der Waals surface area (Å²) >= 11 is 1.74. The molecule has 0 radical (unpaired) electrons. The zero-order valence-electron chi connectivity index (χ0n) is 13.9. The van der Waals surface area contributed by atoms with Crippen LogP contribution in [0.25, 0.3) is 21.3 Å². The summed E-state index contributed by atoms with van der Waals surface area (Å²) in [5, 5.41) is 4.48. The third-order valence-corrected chi connectivity index (χ3v) is 5.75. The van der Waals surface area contributed by atoms with Crippen LogP contribution in [0.3, 0.4) is 0 Å². The molecule has 3 N–H and O–H groups in total. The van der Waals surface area contributed by atoms with Crippen LogP contribution in [-0.2, 0) is 12.8 Å². The Morgan fingerprint density at radius 1 is 1.17 bits per heavy atom. The molecule has 0 atom stereocenters. The molecule has 0 saturated heterocycles.